The van der Waals surface area contributed by atoms with Crippen LogP contribution in [-0.4, -0.2) is 20.7 Å². The Balaban J connectivity index is 1.53. The molecule has 1 fully saturated rings. The molecule has 0 saturated heterocycles. The summed E-state index contributed by atoms with van der Waals surface area (Å²) in [5, 5.41) is 9.10. The number of nitrogens with zero attached hydrogens (tertiary/aromatic N) is 3. The molecule has 7 nitrogen and oxygen atoms in total. The molecule has 4 rings (SSSR count). The first-order chi connectivity index (χ1) is 11.1. The second-order valence-corrected chi connectivity index (χ2v) is 5.92. The Labute approximate surface area is 132 Å². The van der Waals surface area contributed by atoms with E-state index in [1.165, 1.54) is 12.8 Å². The lowest BCUT2D eigenvalue weighted by atomic mass is 10.3. The number of nitrogens with one attached hydrogen (secondary N) is 2. The van der Waals surface area contributed by atoms with E-state index >= 15 is 0 Å². The number of hydrogen-bond acceptors (Lipinski definition) is 4. The van der Waals surface area contributed by atoms with Gasteiger partial charge in [0.05, 0.1) is 16.7 Å². The quantitative estimate of drug-likeness (QED) is 0.776. The fraction of sp³-hybridized carbons (Fsp3) is 0.312. The molecule has 0 atom stereocenters. The third-order valence-electron chi connectivity index (χ3n) is 3.98. The molecule has 0 radical (unpaired) electrons. The Kier molecular flexibility index (Phi) is 3.07. The number of aryl methyl sites for hydroxylation is 2. The van der Waals surface area contributed by atoms with Gasteiger partial charge in [0.2, 0.25) is 5.88 Å². The van der Waals surface area contributed by atoms with Gasteiger partial charge in [0.1, 0.15) is 5.82 Å². The average molecular weight is 311 g/mol. The maximum Gasteiger partial charge on any atom is 0.326 e. The number of imidazole rings is 1. The highest BCUT2D eigenvalue weighted by Gasteiger charge is 2.28. The van der Waals surface area contributed by atoms with E-state index in [0.717, 1.165) is 16.9 Å². The van der Waals surface area contributed by atoms with Crippen LogP contribution in [-0.2, 0) is 7.05 Å². The molecule has 0 unspecified atom stereocenters. The van der Waals surface area contributed by atoms with E-state index in [-0.39, 0.29) is 6.03 Å². The molecular formula is C16H17N5O2. The van der Waals surface area contributed by atoms with Gasteiger partial charge in [-0.25, -0.2) is 9.78 Å². The molecule has 2 aromatic heterocycles. The highest BCUT2D eigenvalue weighted by atomic mass is 16.5. The largest absolute Gasteiger partial charge is 0.338 e. The molecule has 7 heteroatoms. The van der Waals surface area contributed by atoms with Crippen molar-refractivity contribution in [2.45, 2.75) is 25.7 Å². The van der Waals surface area contributed by atoms with Gasteiger partial charge >= 0.3 is 6.03 Å². The molecule has 0 bridgehead atoms. The molecule has 2 N–H and O–H groups in total. The van der Waals surface area contributed by atoms with E-state index in [1.807, 2.05) is 25.2 Å². The lowest BCUT2D eigenvalue weighted by molar-refractivity contribution is 0.261. The van der Waals surface area contributed by atoms with Crippen molar-refractivity contribution in [3.8, 4) is 0 Å². The van der Waals surface area contributed by atoms with Gasteiger partial charge in [-0.3, -0.25) is 5.32 Å². The molecule has 1 aromatic carbocycles. The van der Waals surface area contributed by atoms with Crippen LogP contribution in [0.4, 0.5) is 16.4 Å². The summed E-state index contributed by atoms with van der Waals surface area (Å²) >= 11 is 0. The van der Waals surface area contributed by atoms with E-state index in [1.54, 1.807) is 13.0 Å². The molecule has 3 aromatic rings. The van der Waals surface area contributed by atoms with E-state index < -0.39 is 0 Å². The van der Waals surface area contributed by atoms with Gasteiger partial charge in [-0.1, -0.05) is 5.16 Å². The molecular weight excluding hydrogens is 294 g/mol. The Hall–Kier alpha value is -2.83. The maximum atomic E-state index is 12.0. The molecule has 1 saturated carbocycles. The Morgan fingerprint density at radius 1 is 1.30 bits per heavy atom. The second kappa shape index (κ2) is 5.12. The van der Waals surface area contributed by atoms with E-state index in [9.17, 15) is 4.79 Å². The van der Waals surface area contributed by atoms with Crippen LogP contribution in [0.5, 0.6) is 0 Å². The highest BCUT2D eigenvalue weighted by molar-refractivity contribution is 6.00. The van der Waals surface area contributed by atoms with Crippen LogP contribution < -0.4 is 10.6 Å². The topological polar surface area (TPSA) is 85.0 Å². The van der Waals surface area contributed by atoms with Gasteiger partial charge in [-0.2, -0.15) is 0 Å². The predicted molar refractivity (Wildman–Crippen MR) is 86.6 cm³/mol. The first-order valence-corrected chi connectivity index (χ1v) is 7.58. The molecule has 2 amide bonds. The summed E-state index contributed by atoms with van der Waals surface area (Å²) in [6.07, 6.45) is 2.42. The Bertz CT molecular complexity index is 891. The van der Waals surface area contributed by atoms with Crippen molar-refractivity contribution in [2.24, 2.45) is 7.05 Å². The van der Waals surface area contributed by atoms with Gasteiger partial charge in [0.25, 0.3) is 0 Å². The molecule has 2 heterocycles. The van der Waals surface area contributed by atoms with E-state index in [0.29, 0.717) is 23.2 Å². The van der Waals surface area contributed by atoms with Crippen LogP contribution in [0, 0.1) is 6.92 Å². The maximum absolute atomic E-state index is 12.0. The minimum absolute atomic E-state index is 0.315. The number of urea groups is 1. The van der Waals surface area contributed by atoms with Crippen molar-refractivity contribution < 1.29 is 9.32 Å². The summed E-state index contributed by atoms with van der Waals surface area (Å²) in [6.45, 7) is 1.79. The SMILES string of the molecule is Cc1cc(NC(=O)Nc2ccc3c(c2)nc(C2CC2)n3C)on1. The third kappa shape index (κ3) is 2.65. The van der Waals surface area contributed by atoms with Crippen LogP contribution in [0.25, 0.3) is 11.0 Å². The fourth-order valence-electron chi connectivity index (χ4n) is 2.70. The highest BCUT2D eigenvalue weighted by Crippen LogP contribution is 2.40. The number of anilines is 2. The lowest BCUT2D eigenvalue weighted by Gasteiger charge is -2.05. The first-order valence-electron chi connectivity index (χ1n) is 7.58. The van der Waals surface area contributed by atoms with Crippen molar-refractivity contribution in [3.05, 3.63) is 35.8 Å². The summed E-state index contributed by atoms with van der Waals surface area (Å²) in [6, 6.07) is 7.00. The number of hydrogen-bond donors (Lipinski definition) is 2. The monoisotopic (exact) mass is 311 g/mol. The summed E-state index contributed by atoms with van der Waals surface area (Å²) < 4.78 is 7.09. The normalized spacial score (nSPS) is 14.2. The van der Waals surface area contributed by atoms with Crippen LogP contribution in [0.1, 0.15) is 30.3 Å². The number of rotatable bonds is 3. The molecule has 1 aliphatic carbocycles. The predicted octanol–water partition coefficient (Wildman–Crippen LogP) is 3.39. The molecule has 0 spiro atoms. The Morgan fingerprint density at radius 2 is 2.13 bits per heavy atom. The van der Waals surface area contributed by atoms with E-state index in [4.69, 9.17) is 9.51 Å². The summed E-state index contributed by atoms with van der Waals surface area (Å²) in [5.74, 6) is 2.02. The van der Waals surface area contributed by atoms with Crippen LogP contribution in [0.2, 0.25) is 0 Å². The van der Waals surface area contributed by atoms with Gasteiger partial charge < -0.3 is 14.4 Å². The van der Waals surface area contributed by atoms with Crippen molar-refractivity contribution in [2.75, 3.05) is 10.6 Å². The van der Waals surface area contributed by atoms with Gasteiger partial charge in [0, 0.05) is 24.7 Å². The number of fused-ring (bicyclic) bond motifs is 1. The second-order valence-electron chi connectivity index (χ2n) is 5.92. The minimum Gasteiger partial charge on any atom is -0.338 e. The lowest BCUT2D eigenvalue weighted by Crippen LogP contribution is -2.18. The van der Waals surface area contributed by atoms with Gasteiger partial charge in [0.15, 0.2) is 0 Å². The number of benzene rings is 1. The van der Waals surface area contributed by atoms with Crippen LogP contribution in [0.15, 0.2) is 28.8 Å². The van der Waals surface area contributed by atoms with Gasteiger partial charge in [-0.15, -0.1) is 0 Å². The third-order valence-corrected chi connectivity index (χ3v) is 3.98. The number of carbonyl (C=O) groups excluding carboxylic acids is 1. The first kappa shape index (κ1) is 13.8. The van der Waals surface area contributed by atoms with Crippen molar-refractivity contribution in [1.29, 1.82) is 0 Å². The average Bonchev–Trinajstić information content (AvgIpc) is 3.20. The Morgan fingerprint density at radius 3 is 2.83 bits per heavy atom. The smallest absolute Gasteiger partial charge is 0.326 e. The summed E-state index contributed by atoms with van der Waals surface area (Å²) in [4.78, 5) is 16.7. The van der Waals surface area contributed by atoms with Crippen molar-refractivity contribution in [1.82, 2.24) is 14.7 Å². The van der Waals surface area contributed by atoms with Gasteiger partial charge in [-0.05, 0) is 38.0 Å². The minimum atomic E-state index is -0.376. The van der Waals surface area contributed by atoms with E-state index in [2.05, 4.69) is 20.4 Å². The van der Waals surface area contributed by atoms with Crippen molar-refractivity contribution in [3.63, 3.8) is 0 Å². The molecule has 23 heavy (non-hydrogen) atoms. The zero-order valence-electron chi connectivity index (χ0n) is 13.0. The summed E-state index contributed by atoms with van der Waals surface area (Å²) in [5.41, 5.74) is 3.36. The van der Waals surface area contributed by atoms with Crippen LogP contribution in [0.3, 0.4) is 0 Å². The number of aromatic nitrogens is 3. The molecule has 1 aliphatic rings. The molecule has 118 valence electrons. The zero-order chi connectivity index (χ0) is 16.0. The fourth-order valence-corrected chi connectivity index (χ4v) is 2.70. The van der Waals surface area contributed by atoms with Crippen LogP contribution >= 0.6 is 0 Å². The number of carbonyl (C=O) groups is 1. The van der Waals surface area contributed by atoms with Crippen molar-refractivity contribution >= 4 is 28.6 Å². The standard InChI is InChI=1S/C16H17N5O2/c1-9-7-14(23-20-9)19-16(22)17-11-5-6-13-12(8-11)18-15(21(13)2)10-3-4-10/h5-8,10H,3-4H2,1-2H3,(H2,17,19,22). The molecule has 0 aliphatic heterocycles. The summed E-state index contributed by atoms with van der Waals surface area (Å²) in [7, 11) is 2.04. The number of amides is 2. The zero-order valence-corrected chi connectivity index (χ0v) is 13.0.